The van der Waals surface area contributed by atoms with E-state index in [-0.39, 0.29) is 5.56 Å². The Morgan fingerprint density at radius 3 is 2.60 bits per heavy atom. The molecule has 0 amide bonds. The molecule has 1 aromatic rings. The van der Waals surface area contributed by atoms with Gasteiger partial charge in [0.1, 0.15) is 0 Å². The summed E-state index contributed by atoms with van der Waals surface area (Å²) in [7, 11) is 0. The molecule has 7 heteroatoms. The van der Waals surface area contributed by atoms with Gasteiger partial charge in [-0.05, 0) is 6.07 Å². The van der Waals surface area contributed by atoms with Crippen LogP contribution in [0, 0.1) is 0 Å². The van der Waals surface area contributed by atoms with Gasteiger partial charge in [-0.3, -0.25) is 9.59 Å². The molecule has 5 nitrogen and oxygen atoms in total. The minimum atomic E-state index is -2.93. The van der Waals surface area contributed by atoms with Crippen molar-refractivity contribution in [2.24, 2.45) is 0 Å². The van der Waals surface area contributed by atoms with E-state index in [2.05, 4.69) is 0 Å². The normalized spacial score (nSPS) is 10.6. The molecule has 15 heavy (non-hydrogen) atoms. The Kier molecular flexibility index (Phi) is 3.03. The second-order valence-electron chi connectivity index (χ2n) is 2.80. The largest absolute Gasteiger partial charge is 0.503 e. The van der Waals surface area contributed by atoms with E-state index in [0.29, 0.717) is 0 Å². The van der Waals surface area contributed by atoms with Crippen molar-refractivity contribution in [2.75, 3.05) is 0 Å². The molecule has 82 valence electrons. The van der Waals surface area contributed by atoms with Crippen LogP contribution >= 0.6 is 0 Å². The number of nitrogens with one attached hydrogen (secondary N) is 1. The number of aromatic amines is 1. The molecule has 0 unspecified atom stereocenters. The van der Waals surface area contributed by atoms with Gasteiger partial charge in [0.2, 0.25) is 0 Å². The molecule has 0 aromatic carbocycles. The Bertz CT molecular complexity index is 441. The van der Waals surface area contributed by atoms with Crippen molar-refractivity contribution >= 4 is 5.97 Å². The zero-order chi connectivity index (χ0) is 11.6. The van der Waals surface area contributed by atoms with Crippen LogP contribution in [0.4, 0.5) is 8.78 Å². The average molecular weight is 219 g/mol. The Morgan fingerprint density at radius 1 is 1.53 bits per heavy atom. The summed E-state index contributed by atoms with van der Waals surface area (Å²) in [6, 6.07) is 0.759. The third-order valence-electron chi connectivity index (χ3n) is 1.68. The second-order valence-corrected chi connectivity index (χ2v) is 2.80. The van der Waals surface area contributed by atoms with E-state index in [9.17, 15) is 18.4 Å². The average Bonchev–Trinajstić information content (AvgIpc) is 2.11. The zero-order valence-corrected chi connectivity index (χ0v) is 7.33. The van der Waals surface area contributed by atoms with Crippen molar-refractivity contribution in [1.29, 1.82) is 0 Å². The number of aromatic hydroxyl groups is 1. The van der Waals surface area contributed by atoms with Gasteiger partial charge < -0.3 is 15.2 Å². The number of aromatic nitrogens is 1. The number of alkyl halides is 2. The smallest absolute Gasteiger partial charge is 0.307 e. The second kappa shape index (κ2) is 4.07. The molecular formula is C8H7F2NO4. The Labute approximate surface area is 82.0 Å². The number of rotatable bonds is 3. The maximum absolute atomic E-state index is 12.2. The molecular weight excluding hydrogens is 212 g/mol. The SMILES string of the molecule is O=C(O)Cc1cc(C(F)F)[nH]c(=O)c1O. The lowest BCUT2D eigenvalue weighted by atomic mass is 10.1. The van der Waals surface area contributed by atoms with Crippen LogP contribution in [0.3, 0.4) is 0 Å². The molecule has 1 heterocycles. The fraction of sp³-hybridized carbons (Fsp3) is 0.250. The first-order chi connectivity index (χ1) is 6.91. The molecule has 0 spiro atoms. The zero-order valence-electron chi connectivity index (χ0n) is 7.33. The molecule has 0 aliphatic rings. The monoisotopic (exact) mass is 219 g/mol. The number of aliphatic carboxylic acids is 1. The summed E-state index contributed by atoms with van der Waals surface area (Å²) in [6.45, 7) is 0. The van der Waals surface area contributed by atoms with Crippen LogP contribution in [0.15, 0.2) is 10.9 Å². The van der Waals surface area contributed by atoms with Gasteiger partial charge in [0.25, 0.3) is 12.0 Å². The topological polar surface area (TPSA) is 90.4 Å². The first kappa shape index (κ1) is 11.2. The predicted molar refractivity (Wildman–Crippen MR) is 45.0 cm³/mol. The Morgan fingerprint density at radius 2 is 2.13 bits per heavy atom. The molecule has 0 radical (unpaired) electrons. The van der Waals surface area contributed by atoms with Crippen LogP contribution in [0.25, 0.3) is 0 Å². The third kappa shape index (κ3) is 2.52. The number of hydrogen-bond acceptors (Lipinski definition) is 3. The quantitative estimate of drug-likeness (QED) is 0.695. The fourth-order valence-corrected chi connectivity index (χ4v) is 1.04. The Hall–Kier alpha value is -1.92. The first-order valence-electron chi connectivity index (χ1n) is 3.87. The lowest BCUT2D eigenvalue weighted by Crippen LogP contribution is -2.13. The van der Waals surface area contributed by atoms with Crippen LogP contribution in [0.5, 0.6) is 5.75 Å². The van der Waals surface area contributed by atoms with Crippen LogP contribution < -0.4 is 5.56 Å². The van der Waals surface area contributed by atoms with Crippen molar-refractivity contribution < 1.29 is 23.8 Å². The fourth-order valence-electron chi connectivity index (χ4n) is 1.04. The maximum Gasteiger partial charge on any atom is 0.307 e. The van der Waals surface area contributed by atoms with Gasteiger partial charge >= 0.3 is 5.97 Å². The van der Waals surface area contributed by atoms with Gasteiger partial charge in [-0.2, -0.15) is 0 Å². The lowest BCUT2D eigenvalue weighted by Gasteiger charge is -2.04. The van der Waals surface area contributed by atoms with E-state index in [4.69, 9.17) is 10.2 Å². The summed E-state index contributed by atoms with van der Waals surface area (Å²) in [5.41, 5.74) is -2.17. The number of hydrogen-bond donors (Lipinski definition) is 3. The van der Waals surface area contributed by atoms with Gasteiger partial charge in [-0.15, -0.1) is 0 Å². The first-order valence-corrected chi connectivity index (χ1v) is 3.87. The predicted octanol–water partition coefficient (Wildman–Crippen LogP) is 0.645. The van der Waals surface area contributed by atoms with Crippen LogP contribution in [0.2, 0.25) is 0 Å². The van der Waals surface area contributed by atoms with Crippen LogP contribution in [-0.2, 0) is 11.2 Å². The van der Waals surface area contributed by atoms with E-state index in [1.54, 1.807) is 4.98 Å². The minimum absolute atomic E-state index is 0.332. The highest BCUT2D eigenvalue weighted by Gasteiger charge is 2.15. The summed E-state index contributed by atoms with van der Waals surface area (Å²) < 4.78 is 24.4. The number of carboxylic acid groups (broad SMARTS) is 1. The van der Waals surface area contributed by atoms with Gasteiger partial charge in [0.15, 0.2) is 5.75 Å². The summed E-state index contributed by atoms with van der Waals surface area (Å²) in [5, 5.41) is 17.5. The molecule has 1 aromatic heterocycles. The number of H-pyrrole nitrogens is 1. The number of carboxylic acids is 1. The van der Waals surface area contributed by atoms with Crippen LogP contribution in [0.1, 0.15) is 17.7 Å². The Balaban J connectivity index is 3.25. The molecule has 0 aliphatic heterocycles. The van der Waals surface area contributed by atoms with E-state index < -0.39 is 35.8 Å². The van der Waals surface area contributed by atoms with Crippen molar-refractivity contribution in [3.8, 4) is 5.75 Å². The van der Waals surface area contributed by atoms with E-state index in [1.807, 2.05) is 0 Å². The number of pyridine rings is 1. The molecule has 0 bridgehead atoms. The summed E-state index contributed by atoms with van der Waals surface area (Å²) >= 11 is 0. The third-order valence-corrected chi connectivity index (χ3v) is 1.68. The van der Waals surface area contributed by atoms with Gasteiger partial charge in [-0.1, -0.05) is 0 Å². The number of halogens is 2. The van der Waals surface area contributed by atoms with Crippen molar-refractivity contribution in [1.82, 2.24) is 4.98 Å². The molecule has 0 aliphatic carbocycles. The minimum Gasteiger partial charge on any atom is -0.503 e. The molecule has 0 saturated heterocycles. The summed E-state index contributed by atoms with van der Waals surface area (Å²) in [6.07, 6.45) is -3.61. The lowest BCUT2D eigenvalue weighted by molar-refractivity contribution is -0.136. The molecule has 1 rings (SSSR count). The molecule has 0 atom stereocenters. The van der Waals surface area contributed by atoms with Gasteiger partial charge in [0.05, 0.1) is 12.1 Å². The molecule has 0 saturated carbocycles. The van der Waals surface area contributed by atoms with Crippen LogP contribution in [-0.4, -0.2) is 21.2 Å². The van der Waals surface area contributed by atoms with E-state index in [1.165, 1.54) is 0 Å². The maximum atomic E-state index is 12.2. The highest BCUT2D eigenvalue weighted by Crippen LogP contribution is 2.20. The highest BCUT2D eigenvalue weighted by molar-refractivity contribution is 5.71. The summed E-state index contributed by atoms with van der Waals surface area (Å²) in [5.74, 6) is -2.17. The standard InChI is InChI=1S/C8H7F2NO4/c9-7(10)4-1-3(2-5(12)13)6(14)8(15)11-4/h1,7,14H,2H2,(H,11,15)(H,12,13). The molecule has 0 fully saturated rings. The highest BCUT2D eigenvalue weighted by atomic mass is 19.3. The van der Waals surface area contributed by atoms with Crippen molar-refractivity contribution in [3.63, 3.8) is 0 Å². The molecule has 3 N–H and O–H groups in total. The summed E-state index contributed by atoms with van der Waals surface area (Å²) in [4.78, 5) is 23.0. The van der Waals surface area contributed by atoms with Crippen molar-refractivity contribution in [3.05, 3.63) is 27.7 Å². The van der Waals surface area contributed by atoms with Gasteiger partial charge in [-0.25, -0.2) is 8.78 Å². The van der Waals surface area contributed by atoms with Crippen molar-refractivity contribution in [2.45, 2.75) is 12.8 Å². The number of carbonyl (C=O) groups is 1. The van der Waals surface area contributed by atoms with E-state index in [0.717, 1.165) is 6.07 Å². The van der Waals surface area contributed by atoms with Gasteiger partial charge in [0, 0.05) is 5.56 Å². The van der Waals surface area contributed by atoms with E-state index >= 15 is 0 Å².